The van der Waals surface area contributed by atoms with Gasteiger partial charge in [0.2, 0.25) is 0 Å². The minimum absolute atomic E-state index is 0.202. The Morgan fingerprint density at radius 1 is 1.23 bits per heavy atom. The molecule has 0 aromatic heterocycles. The number of nitrogen functional groups attached to an aromatic ring is 1. The highest BCUT2D eigenvalue weighted by Crippen LogP contribution is 2.38. The number of carbonyl (C=O) groups excluding carboxylic acids is 1. The lowest BCUT2D eigenvalue weighted by Gasteiger charge is -2.21. The lowest BCUT2D eigenvalue weighted by atomic mass is 10.1. The molecule has 1 aliphatic heterocycles. The van der Waals surface area contributed by atoms with Crippen molar-refractivity contribution >= 4 is 33.2 Å². The summed E-state index contributed by atoms with van der Waals surface area (Å²) in [5.74, 6) is 0.879. The fraction of sp³-hybridized carbons (Fsp3) is 0.188. The normalized spacial score (nSPS) is 12.8. The number of carbonyl (C=O) groups is 1. The van der Waals surface area contributed by atoms with Crippen molar-refractivity contribution in [3.63, 3.8) is 0 Å². The summed E-state index contributed by atoms with van der Waals surface area (Å²) in [6, 6.07) is 8.81. The first-order valence-corrected chi connectivity index (χ1v) is 7.60. The molecule has 0 saturated heterocycles. The molecular formula is C16H15BrN2O3. The number of hydrogen-bond acceptors (Lipinski definition) is 4. The van der Waals surface area contributed by atoms with Crippen LogP contribution in [0.5, 0.6) is 11.5 Å². The number of amides is 1. The highest BCUT2D eigenvalue weighted by Gasteiger charge is 2.17. The van der Waals surface area contributed by atoms with Crippen LogP contribution in [-0.2, 0) is 0 Å². The Hall–Kier alpha value is -2.21. The van der Waals surface area contributed by atoms with Crippen molar-refractivity contribution in [2.45, 2.75) is 6.92 Å². The Labute approximate surface area is 136 Å². The van der Waals surface area contributed by atoms with Crippen LogP contribution in [-0.4, -0.2) is 19.1 Å². The second-order valence-electron chi connectivity index (χ2n) is 5.01. The molecule has 3 N–H and O–H groups in total. The molecule has 0 fully saturated rings. The monoisotopic (exact) mass is 362 g/mol. The van der Waals surface area contributed by atoms with Crippen LogP contribution in [0.2, 0.25) is 0 Å². The Balaban J connectivity index is 1.84. The molecule has 5 nitrogen and oxygen atoms in total. The fourth-order valence-corrected chi connectivity index (χ4v) is 2.49. The van der Waals surface area contributed by atoms with E-state index in [1.165, 1.54) is 0 Å². The van der Waals surface area contributed by atoms with Gasteiger partial charge in [-0.2, -0.15) is 0 Å². The molecule has 2 aromatic rings. The Bertz CT molecular complexity index is 746. The first-order valence-electron chi connectivity index (χ1n) is 6.81. The van der Waals surface area contributed by atoms with Gasteiger partial charge in [-0.05, 0) is 36.8 Å². The topological polar surface area (TPSA) is 73.6 Å². The summed E-state index contributed by atoms with van der Waals surface area (Å²) in [6.45, 7) is 2.87. The Kier molecular flexibility index (Phi) is 3.94. The standard InChI is InChI=1S/C16H15BrN2O3/c1-9-6-10(2-3-12(9)17)16(20)19-11-7-13(18)15-14(8-11)21-4-5-22-15/h2-3,6-8H,4-5,18H2,1H3,(H,19,20). The lowest BCUT2D eigenvalue weighted by Crippen LogP contribution is -2.18. The number of hydrogen-bond donors (Lipinski definition) is 2. The van der Waals surface area contributed by atoms with Crippen LogP contribution in [0.25, 0.3) is 0 Å². The Morgan fingerprint density at radius 2 is 2.00 bits per heavy atom. The molecule has 1 amide bonds. The number of nitrogens with two attached hydrogens (primary N) is 1. The summed E-state index contributed by atoms with van der Waals surface area (Å²) in [5, 5.41) is 2.83. The van der Waals surface area contributed by atoms with E-state index < -0.39 is 0 Å². The van der Waals surface area contributed by atoms with E-state index in [1.807, 2.05) is 19.1 Å². The average molecular weight is 363 g/mol. The van der Waals surface area contributed by atoms with E-state index in [4.69, 9.17) is 15.2 Å². The van der Waals surface area contributed by atoms with Crippen molar-refractivity contribution in [2.24, 2.45) is 0 Å². The summed E-state index contributed by atoms with van der Waals surface area (Å²) >= 11 is 3.42. The summed E-state index contributed by atoms with van der Waals surface area (Å²) in [6.07, 6.45) is 0. The van der Waals surface area contributed by atoms with Gasteiger partial charge in [0, 0.05) is 21.8 Å². The quantitative estimate of drug-likeness (QED) is 0.803. The molecule has 0 bridgehead atoms. The summed E-state index contributed by atoms with van der Waals surface area (Å²) in [4.78, 5) is 12.3. The molecule has 0 radical (unpaired) electrons. The van der Waals surface area contributed by atoms with Gasteiger partial charge in [0.15, 0.2) is 11.5 Å². The third kappa shape index (κ3) is 2.87. The molecule has 3 rings (SSSR count). The SMILES string of the molecule is Cc1cc(C(=O)Nc2cc(N)c3c(c2)OCCO3)ccc1Br. The van der Waals surface area contributed by atoms with E-state index in [-0.39, 0.29) is 5.91 Å². The third-order valence-electron chi connectivity index (χ3n) is 3.35. The van der Waals surface area contributed by atoms with Crippen molar-refractivity contribution in [3.05, 3.63) is 45.9 Å². The third-order valence-corrected chi connectivity index (χ3v) is 4.24. The number of nitrogens with one attached hydrogen (secondary N) is 1. The zero-order chi connectivity index (χ0) is 15.7. The number of aryl methyl sites for hydroxylation is 1. The summed E-state index contributed by atoms with van der Waals surface area (Å²) in [7, 11) is 0. The first-order chi connectivity index (χ1) is 10.5. The highest BCUT2D eigenvalue weighted by atomic mass is 79.9. The van der Waals surface area contributed by atoms with Gasteiger partial charge in [-0.15, -0.1) is 0 Å². The summed E-state index contributed by atoms with van der Waals surface area (Å²) in [5.41, 5.74) is 8.53. The number of rotatable bonds is 2. The zero-order valence-corrected chi connectivity index (χ0v) is 13.6. The number of fused-ring (bicyclic) bond motifs is 1. The molecule has 2 aromatic carbocycles. The van der Waals surface area contributed by atoms with Crippen LogP contribution in [0.15, 0.2) is 34.8 Å². The van der Waals surface area contributed by atoms with Gasteiger partial charge in [-0.25, -0.2) is 0 Å². The van der Waals surface area contributed by atoms with E-state index in [1.54, 1.807) is 18.2 Å². The molecule has 0 aliphatic carbocycles. The second kappa shape index (κ2) is 5.88. The number of anilines is 2. The van der Waals surface area contributed by atoms with Crippen LogP contribution < -0.4 is 20.5 Å². The number of ether oxygens (including phenoxy) is 2. The molecule has 0 spiro atoms. The molecular weight excluding hydrogens is 348 g/mol. The van der Waals surface area contributed by atoms with E-state index >= 15 is 0 Å². The lowest BCUT2D eigenvalue weighted by molar-refractivity contribution is 0.102. The van der Waals surface area contributed by atoms with E-state index in [0.29, 0.717) is 41.7 Å². The molecule has 1 aliphatic rings. The molecule has 114 valence electrons. The van der Waals surface area contributed by atoms with Gasteiger partial charge in [-0.3, -0.25) is 4.79 Å². The Morgan fingerprint density at radius 3 is 2.77 bits per heavy atom. The van der Waals surface area contributed by atoms with E-state index in [2.05, 4.69) is 21.2 Å². The predicted octanol–water partition coefficient (Wildman–Crippen LogP) is 3.36. The van der Waals surface area contributed by atoms with E-state index in [0.717, 1.165) is 10.0 Å². The predicted molar refractivity (Wildman–Crippen MR) is 88.7 cm³/mol. The van der Waals surface area contributed by atoms with Crippen molar-refractivity contribution in [1.29, 1.82) is 0 Å². The van der Waals surface area contributed by atoms with Gasteiger partial charge in [0.05, 0.1) is 5.69 Å². The van der Waals surface area contributed by atoms with Crippen molar-refractivity contribution in [3.8, 4) is 11.5 Å². The molecule has 0 unspecified atom stereocenters. The van der Waals surface area contributed by atoms with E-state index in [9.17, 15) is 4.79 Å². The highest BCUT2D eigenvalue weighted by molar-refractivity contribution is 9.10. The van der Waals surface area contributed by atoms with Crippen molar-refractivity contribution in [2.75, 3.05) is 24.3 Å². The number of halogens is 1. The summed E-state index contributed by atoms with van der Waals surface area (Å²) < 4.78 is 11.9. The van der Waals surface area contributed by atoms with Crippen LogP contribution in [0, 0.1) is 6.92 Å². The minimum atomic E-state index is -0.202. The van der Waals surface area contributed by atoms with Gasteiger partial charge in [-0.1, -0.05) is 15.9 Å². The van der Waals surface area contributed by atoms with Gasteiger partial charge in [0.1, 0.15) is 13.2 Å². The molecule has 22 heavy (non-hydrogen) atoms. The van der Waals surface area contributed by atoms with Gasteiger partial charge >= 0.3 is 0 Å². The van der Waals surface area contributed by atoms with Crippen LogP contribution in [0.4, 0.5) is 11.4 Å². The van der Waals surface area contributed by atoms with Crippen LogP contribution in [0.3, 0.4) is 0 Å². The minimum Gasteiger partial charge on any atom is -0.486 e. The van der Waals surface area contributed by atoms with Crippen molar-refractivity contribution < 1.29 is 14.3 Å². The molecule has 6 heteroatoms. The van der Waals surface area contributed by atoms with Gasteiger partial charge in [0.25, 0.3) is 5.91 Å². The zero-order valence-electron chi connectivity index (χ0n) is 12.0. The first kappa shape index (κ1) is 14.7. The average Bonchev–Trinajstić information content (AvgIpc) is 2.50. The molecule has 0 saturated carbocycles. The maximum absolute atomic E-state index is 12.3. The fourth-order valence-electron chi connectivity index (χ4n) is 2.24. The van der Waals surface area contributed by atoms with Gasteiger partial charge < -0.3 is 20.5 Å². The smallest absolute Gasteiger partial charge is 0.255 e. The van der Waals surface area contributed by atoms with Crippen LogP contribution in [0.1, 0.15) is 15.9 Å². The number of benzene rings is 2. The van der Waals surface area contributed by atoms with Crippen LogP contribution >= 0.6 is 15.9 Å². The molecule has 1 heterocycles. The van der Waals surface area contributed by atoms with Crippen molar-refractivity contribution in [1.82, 2.24) is 0 Å². The maximum atomic E-state index is 12.3. The molecule has 0 atom stereocenters. The maximum Gasteiger partial charge on any atom is 0.255 e. The second-order valence-corrected chi connectivity index (χ2v) is 5.86. The largest absolute Gasteiger partial charge is 0.486 e.